The third kappa shape index (κ3) is 3.20. The minimum Gasteiger partial charge on any atom is -0.481 e. The molecule has 0 atom stereocenters. The first kappa shape index (κ1) is 11.9. The van der Waals surface area contributed by atoms with Crippen LogP contribution in [-0.2, 0) is 4.79 Å². The quantitative estimate of drug-likeness (QED) is 0.888. The van der Waals surface area contributed by atoms with E-state index < -0.39 is 5.97 Å². The van der Waals surface area contributed by atoms with Crippen LogP contribution in [0, 0.1) is 0 Å². The molecular weight excluding hydrogens is 234 g/mol. The number of rotatable bonds is 4. The van der Waals surface area contributed by atoms with Crippen LogP contribution in [0.5, 0.6) is 0 Å². The van der Waals surface area contributed by atoms with Crippen LogP contribution in [0.2, 0.25) is 0 Å². The van der Waals surface area contributed by atoms with Crippen LogP contribution in [0.3, 0.4) is 0 Å². The fraction of sp³-hybridized carbons (Fsp3) is 0.231. The number of hydrogen-bond acceptors (Lipinski definition) is 3. The Kier molecular flexibility index (Phi) is 3.98. The average molecular weight is 247 g/mol. The number of fused-ring (bicyclic) bond motifs is 1. The van der Waals surface area contributed by atoms with Gasteiger partial charge in [-0.1, -0.05) is 24.3 Å². The maximum Gasteiger partial charge on any atom is 0.304 e. The van der Waals surface area contributed by atoms with E-state index >= 15 is 0 Å². The molecule has 0 saturated carbocycles. The van der Waals surface area contributed by atoms with Crippen molar-refractivity contribution in [3.63, 3.8) is 0 Å². The number of aromatic nitrogens is 1. The molecule has 0 radical (unpaired) electrons. The summed E-state index contributed by atoms with van der Waals surface area (Å²) in [7, 11) is 0. The van der Waals surface area contributed by atoms with E-state index in [1.165, 1.54) is 0 Å². The lowest BCUT2D eigenvalue weighted by Crippen LogP contribution is -1.97. The Hall–Kier alpha value is -1.55. The van der Waals surface area contributed by atoms with Crippen molar-refractivity contribution in [1.29, 1.82) is 0 Å². The number of nitrogens with zero attached hydrogens (tertiary/aromatic N) is 1. The Morgan fingerprint density at radius 3 is 3.24 bits per heavy atom. The van der Waals surface area contributed by atoms with Crippen LogP contribution in [0.15, 0.2) is 30.5 Å². The summed E-state index contributed by atoms with van der Waals surface area (Å²) in [6.45, 7) is 0. The van der Waals surface area contributed by atoms with Crippen molar-refractivity contribution in [1.82, 2.24) is 4.98 Å². The summed E-state index contributed by atoms with van der Waals surface area (Å²) in [5.74, 6) is -0.178. The Labute approximate surface area is 104 Å². The zero-order valence-electron chi connectivity index (χ0n) is 9.30. The fourth-order valence-electron chi connectivity index (χ4n) is 1.60. The Morgan fingerprint density at radius 2 is 2.41 bits per heavy atom. The molecule has 1 aliphatic carbocycles. The minimum atomic E-state index is -0.758. The minimum absolute atomic E-state index is 0.178. The van der Waals surface area contributed by atoms with Crippen LogP contribution < -0.4 is 0 Å². The lowest BCUT2D eigenvalue weighted by molar-refractivity contribution is -0.136. The van der Waals surface area contributed by atoms with E-state index in [2.05, 4.69) is 23.2 Å². The lowest BCUT2D eigenvalue weighted by Gasteiger charge is -2.07. The summed E-state index contributed by atoms with van der Waals surface area (Å²) in [4.78, 5) is 15.9. The fourth-order valence-corrected chi connectivity index (χ4v) is 2.62. The molecule has 1 aromatic heterocycles. The van der Waals surface area contributed by atoms with E-state index in [0.29, 0.717) is 5.75 Å². The molecule has 0 unspecified atom stereocenters. The molecule has 1 aromatic rings. The first-order valence-electron chi connectivity index (χ1n) is 5.44. The smallest absolute Gasteiger partial charge is 0.304 e. The topological polar surface area (TPSA) is 50.2 Å². The summed E-state index contributed by atoms with van der Waals surface area (Å²) in [5.41, 5.74) is 2.05. The molecule has 0 spiro atoms. The van der Waals surface area contributed by atoms with Crippen LogP contribution >= 0.6 is 11.8 Å². The van der Waals surface area contributed by atoms with Gasteiger partial charge in [-0.25, -0.2) is 0 Å². The van der Waals surface area contributed by atoms with Crippen molar-refractivity contribution in [3.8, 4) is 0 Å². The van der Waals surface area contributed by atoms with Gasteiger partial charge in [0.15, 0.2) is 0 Å². The van der Waals surface area contributed by atoms with Gasteiger partial charge in [0.25, 0.3) is 0 Å². The van der Waals surface area contributed by atoms with Crippen molar-refractivity contribution in [3.05, 3.63) is 41.7 Å². The van der Waals surface area contributed by atoms with E-state index in [4.69, 9.17) is 5.11 Å². The highest BCUT2D eigenvalue weighted by molar-refractivity contribution is 8.08. The lowest BCUT2D eigenvalue weighted by atomic mass is 10.2. The summed E-state index contributed by atoms with van der Waals surface area (Å²) >= 11 is 1.56. The number of carboxylic acids is 1. The monoisotopic (exact) mass is 247 g/mol. The van der Waals surface area contributed by atoms with Gasteiger partial charge >= 0.3 is 5.97 Å². The van der Waals surface area contributed by atoms with Gasteiger partial charge in [-0.15, -0.1) is 11.8 Å². The van der Waals surface area contributed by atoms with Gasteiger partial charge in [-0.3, -0.25) is 9.78 Å². The molecule has 3 nitrogen and oxygen atoms in total. The summed E-state index contributed by atoms with van der Waals surface area (Å²) < 4.78 is 0. The molecule has 88 valence electrons. The third-order valence-electron chi connectivity index (χ3n) is 2.38. The first-order valence-corrected chi connectivity index (χ1v) is 6.42. The van der Waals surface area contributed by atoms with Crippen molar-refractivity contribution in [2.24, 2.45) is 0 Å². The van der Waals surface area contributed by atoms with Gasteiger partial charge in [-0.05, 0) is 12.5 Å². The second-order valence-electron chi connectivity index (χ2n) is 3.64. The molecule has 1 aliphatic rings. The SMILES string of the molecule is O=C(O)CCSC1=CCC=Cc2cccnc21. The van der Waals surface area contributed by atoms with Gasteiger partial charge in [0.1, 0.15) is 0 Å². The molecule has 0 amide bonds. The number of thioether (sulfide) groups is 1. The van der Waals surface area contributed by atoms with Gasteiger partial charge < -0.3 is 5.11 Å². The van der Waals surface area contributed by atoms with E-state index in [0.717, 1.165) is 22.6 Å². The average Bonchev–Trinajstić information content (AvgIpc) is 2.52. The van der Waals surface area contributed by atoms with E-state index in [1.807, 2.05) is 12.1 Å². The molecule has 17 heavy (non-hydrogen) atoms. The number of allylic oxidation sites excluding steroid dienone is 2. The Bertz CT molecular complexity index is 480. The second kappa shape index (κ2) is 5.68. The van der Waals surface area contributed by atoms with Crippen molar-refractivity contribution >= 4 is 28.7 Å². The van der Waals surface area contributed by atoms with Crippen LogP contribution in [0.1, 0.15) is 24.1 Å². The van der Waals surface area contributed by atoms with E-state index in [-0.39, 0.29) is 6.42 Å². The zero-order valence-corrected chi connectivity index (χ0v) is 10.1. The number of carbonyl (C=O) groups is 1. The maximum absolute atomic E-state index is 10.5. The van der Waals surface area contributed by atoms with E-state index in [9.17, 15) is 4.79 Å². The highest BCUT2D eigenvalue weighted by Crippen LogP contribution is 2.31. The van der Waals surface area contributed by atoms with Gasteiger partial charge in [0.2, 0.25) is 0 Å². The normalized spacial score (nSPS) is 13.8. The number of hydrogen-bond donors (Lipinski definition) is 1. The third-order valence-corrected chi connectivity index (χ3v) is 3.46. The van der Waals surface area contributed by atoms with Gasteiger partial charge in [0.05, 0.1) is 12.1 Å². The molecule has 0 fully saturated rings. The highest BCUT2D eigenvalue weighted by Gasteiger charge is 2.10. The number of pyridine rings is 1. The molecule has 1 N–H and O–H groups in total. The molecular formula is C13H13NO2S. The molecule has 2 rings (SSSR count). The number of aliphatic carboxylic acids is 1. The van der Waals surface area contributed by atoms with E-state index in [1.54, 1.807) is 18.0 Å². The summed E-state index contributed by atoms with van der Waals surface area (Å²) in [5, 5.41) is 8.63. The standard InChI is InChI=1S/C13H13NO2S/c15-12(16)7-9-17-11-6-2-1-4-10-5-3-8-14-13(10)11/h1,3-6,8H,2,7,9H2,(H,15,16). The first-order chi connectivity index (χ1) is 8.27. The maximum atomic E-state index is 10.5. The van der Waals surface area contributed by atoms with Crippen molar-refractivity contribution in [2.75, 3.05) is 5.75 Å². The predicted octanol–water partition coefficient (Wildman–Crippen LogP) is 3.05. The molecule has 4 heteroatoms. The highest BCUT2D eigenvalue weighted by atomic mass is 32.2. The largest absolute Gasteiger partial charge is 0.481 e. The van der Waals surface area contributed by atoms with Crippen LogP contribution in [0.4, 0.5) is 0 Å². The molecule has 0 aromatic carbocycles. The number of carboxylic acid groups (broad SMARTS) is 1. The predicted molar refractivity (Wildman–Crippen MR) is 70.6 cm³/mol. The summed E-state index contributed by atoms with van der Waals surface area (Å²) in [6, 6.07) is 3.93. The van der Waals surface area contributed by atoms with Crippen LogP contribution in [-0.4, -0.2) is 21.8 Å². The van der Waals surface area contributed by atoms with Gasteiger partial charge in [-0.2, -0.15) is 0 Å². The summed E-state index contributed by atoms with van der Waals surface area (Å²) in [6.07, 6.45) is 9.06. The Morgan fingerprint density at radius 1 is 1.53 bits per heavy atom. The second-order valence-corrected chi connectivity index (χ2v) is 4.78. The zero-order chi connectivity index (χ0) is 12.1. The Balaban J connectivity index is 2.13. The van der Waals surface area contributed by atoms with Gasteiger partial charge in [0, 0.05) is 22.4 Å². The van der Waals surface area contributed by atoms with Crippen molar-refractivity contribution < 1.29 is 9.90 Å². The molecule has 0 aliphatic heterocycles. The molecule has 0 bridgehead atoms. The van der Waals surface area contributed by atoms with Crippen LogP contribution in [0.25, 0.3) is 11.0 Å². The molecule has 1 heterocycles. The molecule has 0 saturated heterocycles. The van der Waals surface area contributed by atoms with Crippen molar-refractivity contribution in [2.45, 2.75) is 12.8 Å².